The van der Waals surface area contributed by atoms with E-state index >= 15 is 0 Å². The summed E-state index contributed by atoms with van der Waals surface area (Å²) in [6.07, 6.45) is 0.574. The fraction of sp³-hybridized carbons (Fsp3) is 0.417. The summed E-state index contributed by atoms with van der Waals surface area (Å²) in [6, 6.07) is 7.33. The Morgan fingerprint density at radius 2 is 2.12 bits per heavy atom. The Hall–Kier alpha value is -0.870. The third-order valence-electron chi connectivity index (χ3n) is 2.53. The predicted octanol–water partition coefficient (Wildman–Crippen LogP) is 2.96. The van der Waals surface area contributed by atoms with Crippen molar-refractivity contribution in [2.75, 3.05) is 0 Å². The van der Waals surface area contributed by atoms with Crippen LogP contribution < -0.4 is 5.32 Å². The lowest BCUT2D eigenvalue weighted by Gasteiger charge is -2.20. The molecule has 4 heteroatoms. The summed E-state index contributed by atoms with van der Waals surface area (Å²) in [7, 11) is 0. The van der Waals surface area contributed by atoms with E-state index in [2.05, 4.69) is 21.2 Å². The van der Waals surface area contributed by atoms with Gasteiger partial charge in [-0.2, -0.15) is 0 Å². The summed E-state index contributed by atoms with van der Waals surface area (Å²) < 4.78 is 0.996. The molecule has 0 saturated carbocycles. The zero-order chi connectivity index (χ0) is 12.1. The van der Waals surface area contributed by atoms with Gasteiger partial charge in [-0.25, -0.2) is 0 Å². The van der Waals surface area contributed by atoms with Crippen LogP contribution in [-0.4, -0.2) is 17.1 Å². The first-order valence-electron chi connectivity index (χ1n) is 5.29. The largest absolute Gasteiger partial charge is 0.480 e. The third kappa shape index (κ3) is 3.32. The van der Waals surface area contributed by atoms with Gasteiger partial charge in [-0.15, -0.1) is 0 Å². The number of carboxylic acids is 1. The number of rotatable bonds is 5. The van der Waals surface area contributed by atoms with Crippen molar-refractivity contribution >= 4 is 21.9 Å². The van der Waals surface area contributed by atoms with Crippen LogP contribution in [0.25, 0.3) is 0 Å². The molecule has 0 heterocycles. The maximum absolute atomic E-state index is 10.9. The summed E-state index contributed by atoms with van der Waals surface area (Å²) in [6.45, 7) is 3.82. The Kier molecular flexibility index (Phi) is 4.96. The van der Waals surface area contributed by atoms with Crippen molar-refractivity contribution in [1.29, 1.82) is 0 Å². The maximum atomic E-state index is 10.9. The van der Waals surface area contributed by atoms with Gasteiger partial charge in [0, 0.05) is 10.5 Å². The van der Waals surface area contributed by atoms with E-state index in [4.69, 9.17) is 5.11 Å². The van der Waals surface area contributed by atoms with E-state index in [0.717, 1.165) is 10.0 Å². The highest BCUT2D eigenvalue weighted by Gasteiger charge is 2.18. The Labute approximate surface area is 104 Å². The number of halogens is 1. The second kappa shape index (κ2) is 6.01. The van der Waals surface area contributed by atoms with Gasteiger partial charge in [0.05, 0.1) is 0 Å². The molecule has 3 nitrogen and oxygen atoms in total. The van der Waals surface area contributed by atoms with Crippen LogP contribution in [0.2, 0.25) is 0 Å². The number of carbonyl (C=O) groups is 1. The normalized spacial score (nSPS) is 14.4. The van der Waals surface area contributed by atoms with Gasteiger partial charge in [0.1, 0.15) is 6.04 Å². The number of hydrogen-bond acceptors (Lipinski definition) is 2. The van der Waals surface area contributed by atoms with Crippen molar-refractivity contribution in [3.8, 4) is 0 Å². The smallest absolute Gasteiger partial charge is 0.320 e. The molecule has 1 aromatic carbocycles. The molecule has 0 aliphatic rings. The Morgan fingerprint density at radius 1 is 1.50 bits per heavy atom. The maximum Gasteiger partial charge on any atom is 0.320 e. The van der Waals surface area contributed by atoms with Crippen LogP contribution >= 0.6 is 15.9 Å². The van der Waals surface area contributed by atoms with Gasteiger partial charge in [0.15, 0.2) is 0 Å². The molecule has 1 aromatic rings. The fourth-order valence-corrected chi connectivity index (χ4v) is 2.21. The lowest BCUT2D eigenvalue weighted by Crippen LogP contribution is -2.37. The number of aliphatic carboxylic acids is 1. The highest BCUT2D eigenvalue weighted by Crippen LogP contribution is 2.23. The third-order valence-corrected chi connectivity index (χ3v) is 3.25. The monoisotopic (exact) mass is 285 g/mol. The number of hydrogen-bond donors (Lipinski definition) is 2. The Balaban J connectivity index is 2.75. The van der Waals surface area contributed by atoms with E-state index in [1.54, 1.807) is 0 Å². The van der Waals surface area contributed by atoms with Crippen molar-refractivity contribution < 1.29 is 9.90 Å². The summed E-state index contributed by atoms with van der Waals surface area (Å²) >= 11 is 3.46. The molecule has 0 radical (unpaired) electrons. The number of benzene rings is 1. The van der Waals surface area contributed by atoms with Gasteiger partial charge in [-0.1, -0.05) is 41.1 Å². The molecule has 2 unspecified atom stereocenters. The van der Waals surface area contributed by atoms with Crippen molar-refractivity contribution in [2.24, 2.45) is 0 Å². The number of nitrogens with one attached hydrogen (secondary N) is 1. The quantitative estimate of drug-likeness (QED) is 0.875. The SMILES string of the molecule is CCC(NC(C)c1ccccc1Br)C(=O)O. The van der Waals surface area contributed by atoms with Gasteiger partial charge in [-0.05, 0) is 25.0 Å². The van der Waals surface area contributed by atoms with Crippen LogP contribution in [0.3, 0.4) is 0 Å². The second-order valence-corrected chi connectivity index (χ2v) is 4.56. The predicted molar refractivity (Wildman–Crippen MR) is 67.4 cm³/mol. The van der Waals surface area contributed by atoms with E-state index in [1.165, 1.54) is 0 Å². The molecule has 0 saturated heterocycles. The molecule has 1 rings (SSSR count). The standard InChI is InChI=1S/C12H16BrNO2/c1-3-11(12(15)16)14-8(2)9-6-4-5-7-10(9)13/h4-8,11,14H,3H2,1-2H3,(H,15,16). The molecule has 0 fully saturated rings. The topological polar surface area (TPSA) is 49.3 Å². The molecular formula is C12H16BrNO2. The minimum atomic E-state index is -0.804. The first-order chi connectivity index (χ1) is 7.56. The fourth-order valence-electron chi connectivity index (χ4n) is 1.58. The van der Waals surface area contributed by atoms with Gasteiger partial charge in [-0.3, -0.25) is 10.1 Å². The van der Waals surface area contributed by atoms with Crippen LogP contribution in [-0.2, 0) is 4.79 Å². The molecule has 2 atom stereocenters. The summed E-state index contributed by atoms with van der Waals surface area (Å²) in [5.41, 5.74) is 1.07. The molecule has 88 valence electrons. The summed E-state index contributed by atoms with van der Waals surface area (Å²) in [4.78, 5) is 10.9. The Bertz CT molecular complexity index is 368. The van der Waals surface area contributed by atoms with Crippen LogP contribution in [0.15, 0.2) is 28.7 Å². The van der Waals surface area contributed by atoms with E-state index in [0.29, 0.717) is 6.42 Å². The van der Waals surface area contributed by atoms with Gasteiger partial charge in [0.2, 0.25) is 0 Å². The molecule has 0 aliphatic carbocycles. The molecule has 16 heavy (non-hydrogen) atoms. The Morgan fingerprint density at radius 3 is 2.62 bits per heavy atom. The minimum Gasteiger partial charge on any atom is -0.480 e. The summed E-state index contributed by atoms with van der Waals surface area (Å²) in [5, 5.41) is 12.1. The van der Waals surface area contributed by atoms with E-state index in [9.17, 15) is 4.79 Å². The van der Waals surface area contributed by atoms with Crippen LogP contribution in [0, 0.1) is 0 Å². The highest BCUT2D eigenvalue weighted by molar-refractivity contribution is 9.10. The zero-order valence-electron chi connectivity index (χ0n) is 9.40. The molecule has 0 amide bonds. The van der Waals surface area contributed by atoms with Crippen molar-refractivity contribution in [3.63, 3.8) is 0 Å². The van der Waals surface area contributed by atoms with E-state index < -0.39 is 12.0 Å². The van der Waals surface area contributed by atoms with Gasteiger partial charge in [0.25, 0.3) is 0 Å². The van der Waals surface area contributed by atoms with Crippen molar-refractivity contribution in [3.05, 3.63) is 34.3 Å². The average Bonchev–Trinajstić information content (AvgIpc) is 2.25. The van der Waals surface area contributed by atoms with Crippen molar-refractivity contribution in [2.45, 2.75) is 32.4 Å². The first kappa shape index (κ1) is 13.2. The zero-order valence-corrected chi connectivity index (χ0v) is 11.0. The summed E-state index contributed by atoms with van der Waals surface area (Å²) in [5.74, 6) is -0.804. The molecule has 0 bridgehead atoms. The van der Waals surface area contributed by atoms with Crippen LogP contribution in [0.1, 0.15) is 31.9 Å². The van der Waals surface area contributed by atoms with E-state index in [1.807, 2.05) is 38.1 Å². The molecule has 0 aliphatic heterocycles. The minimum absolute atomic E-state index is 0.0108. The molecule has 0 aromatic heterocycles. The molecular weight excluding hydrogens is 270 g/mol. The molecule has 2 N–H and O–H groups in total. The van der Waals surface area contributed by atoms with Gasteiger partial charge < -0.3 is 5.11 Å². The number of carboxylic acid groups (broad SMARTS) is 1. The van der Waals surface area contributed by atoms with Crippen molar-refractivity contribution in [1.82, 2.24) is 5.32 Å². The lowest BCUT2D eigenvalue weighted by molar-refractivity contribution is -0.139. The van der Waals surface area contributed by atoms with Crippen LogP contribution in [0.5, 0.6) is 0 Å². The average molecular weight is 286 g/mol. The molecule has 0 spiro atoms. The lowest BCUT2D eigenvalue weighted by atomic mass is 10.1. The van der Waals surface area contributed by atoms with Gasteiger partial charge >= 0.3 is 5.97 Å². The highest BCUT2D eigenvalue weighted by atomic mass is 79.9. The van der Waals surface area contributed by atoms with Crippen LogP contribution in [0.4, 0.5) is 0 Å². The second-order valence-electron chi connectivity index (χ2n) is 3.71. The van der Waals surface area contributed by atoms with E-state index in [-0.39, 0.29) is 6.04 Å². The first-order valence-corrected chi connectivity index (χ1v) is 6.08.